The molecule has 0 aliphatic rings. The van der Waals surface area contributed by atoms with Crippen LogP contribution >= 0.6 is 0 Å². The largest absolute Gasteiger partial charge is 1.00 e. The highest BCUT2D eigenvalue weighted by Crippen LogP contribution is 2.13. The molecule has 4 heteroatoms. The first-order valence-corrected chi connectivity index (χ1v) is 9.73. The summed E-state index contributed by atoms with van der Waals surface area (Å²) in [6, 6.07) is 9.79. The summed E-state index contributed by atoms with van der Waals surface area (Å²) in [4.78, 5) is 11.9. The van der Waals surface area contributed by atoms with Gasteiger partial charge in [0.15, 0.2) is 0 Å². The fourth-order valence-electron chi connectivity index (χ4n) is 2.99. The van der Waals surface area contributed by atoms with Crippen LogP contribution in [0.2, 0.25) is 0 Å². The zero-order valence-electron chi connectivity index (χ0n) is 15.9. The summed E-state index contributed by atoms with van der Waals surface area (Å²) in [5.74, 6) is 0.362. The van der Waals surface area contributed by atoms with Gasteiger partial charge in [-0.15, -0.1) is 0 Å². The number of benzene rings is 1. The Hall–Kier alpha value is -0.900. The first-order chi connectivity index (χ1) is 11.6. The molecule has 0 saturated carbocycles. The summed E-state index contributed by atoms with van der Waals surface area (Å²) in [6.07, 6.45) is 9.60. The van der Waals surface area contributed by atoms with Crippen molar-refractivity contribution in [2.24, 2.45) is 0 Å². The molecular weight excluding hydrogens is 334 g/mol. The van der Waals surface area contributed by atoms with Crippen LogP contribution in [0.1, 0.15) is 83.3 Å². The molecule has 0 aliphatic heterocycles. The number of quaternary nitrogens is 1. The van der Waals surface area contributed by atoms with Gasteiger partial charge in [-0.25, -0.2) is 0 Å². The zero-order chi connectivity index (χ0) is 17.6. The van der Waals surface area contributed by atoms with Crippen molar-refractivity contribution in [3.63, 3.8) is 0 Å². The van der Waals surface area contributed by atoms with Gasteiger partial charge < -0.3 is 22.8 Å². The van der Waals surface area contributed by atoms with Gasteiger partial charge in [-0.1, -0.05) is 75.8 Å². The number of halogens is 1. The maximum absolute atomic E-state index is 11.9. The van der Waals surface area contributed by atoms with Crippen LogP contribution in [0.3, 0.4) is 0 Å². The predicted molar refractivity (Wildman–Crippen MR) is 99.9 cm³/mol. The third-order valence-corrected chi connectivity index (χ3v) is 4.66. The monoisotopic (exact) mass is 369 g/mol. The number of ketones is 1. The van der Waals surface area contributed by atoms with Crippen molar-refractivity contribution in [1.82, 2.24) is 0 Å². The summed E-state index contributed by atoms with van der Waals surface area (Å²) in [6.45, 7) is 5.01. The number of aliphatic hydroxyl groups is 1. The molecule has 0 heterocycles. The molecule has 1 aromatic carbocycles. The quantitative estimate of drug-likeness (QED) is 0.476. The SMILES string of the molecule is CCCCCCCCCC(=O)CC[NH2+]C(C)C(O)c1ccccc1.[Cl-]. The van der Waals surface area contributed by atoms with E-state index < -0.39 is 6.10 Å². The van der Waals surface area contributed by atoms with Crippen LogP contribution in [0.5, 0.6) is 0 Å². The average molecular weight is 370 g/mol. The summed E-state index contributed by atoms with van der Waals surface area (Å²) in [5.41, 5.74) is 0.940. The normalized spacial score (nSPS) is 13.1. The standard InChI is InChI=1S/C21H35NO2.ClH/c1-3-4-5-6-7-8-12-15-20(23)16-17-22-18(2)21(24)19-13-10-9-11-14-19;/h9-11,13-14,18,21-22,24H,3-8,12,15-17H2,1-2H3;1H. The highest BCUT2D eigenvalue weighted by Gasteiger charge is 2.18. The van der Waals surface area contributed by atoms with E-state index in [1.54, 1.807) is 0 Å². The summed E-state index contributed by atoms with van der Waals surface area (Å²) in [5, 5.41) is 12.4. The van der Waals surface area contributed by atoms with Crippen LogP contribution in [0.25, 0.3) is 0 Å². The molecule has 1 rings (SSSR count). The number of hydrogen-bond donors (Lipinski definition) is 2. The topological polar surface area (TPSA) is 53.9 Å². The van der Waals surface area contributed by atoms with Gasteiger partial charge >= 0.3 is 0 Å². The Kier molecular flexibility index (Phi) is 14.8. The fourth-order valence-corrected chi connectivity index (χ4v) is 2.99. The number of aliphatic hydroxyl groups excluding tert-OH is 1. The Labute approximate surface area is 160 Å². The fraction of sp³-hybridized carbons (Fsp3) is 0.667. The van der Waals surface area contributed by atoms with E-state index in [2.05, 4.69) is 12.2 Å². The van der Waals surface area contributed by atoms with Crippen LogP contribution in [-0.4, -0.2) is 23.5 Å². The average Bonchev–Trinajstić information content (AvgIpc) is 2.61. The predicted octanol–water partition coefficient (Wildman–Crippen LogP) is 0.776. The molecule has 0 amide bonds. The molecule has 0 fully saturated rings. The number of nitrogens with two attached hydrogens (primary N) is 1. The van der Waals surface area contributed by atoms with Crippen molar-refractivity contribution >= 4 is 5.78 Å². The van der Waals surface area contributed by atoms with Crippen LogP contribution in [-0.2, 0) is 4.79 Å². The Balaban J connectivity index is 0.00000576. The van der Waals surface area contributed by atoms with E-state index in [1.165, 1.54) is 38.5 Å². The van der Waals surface area contributed by atoms with Crippen LogP contribution < -0.4 is 17.7 Å². The van der Waals surface area contributed by atoms with E-state index in [0.29, 0.717) is 12.2 Å². The lowest BCUT2D eigenvalue weighted by atomic mass is 10.0. The van der Waals surface area contributed by atoms with Gasteiger partial charge in [-0.3, -0.25) is 4.79 Å². The smallest absolute Gasteiger partial charge is 0.138 e. The number of carbonyl (C=O) groups excluding carboxylic acids is 1. The molecule has 25 heavy (non-hydrogen) atoms. The highest BCUT2D eigenvalue weighted by atomic mass is 35.5. The molecule has 0 aliphatic carbocycles. The molecule has 3 nitrogen and oxygen atoms in total. The molecule has 1 aromatic rings. The third-order valence-electron chi connectivity index (χ3n) is 4.66. The molecule has 0 saturated heterocycles. The summed E-state index contributed by atoms with van der Waals surface area (Å²) >= 11 is 0. The number of hydrogen-bond acceptors (Lipinski definition) is 2. The van der Waals surface area contributed by atoms with Crippen molar-refractivity contribution < 1.29 is 27.6 Å². The molecule has 2 atom stereocenters. The molecule has 3 N–H and O–H groups in total. The highest BCUT2D eigenvalue weighted by molar-refractivity contribution is 5.78. The second-order valence-electron chi connectivity index (χ2n) is 6.90. The number of Topliss-reactive ketones (excluding diaryl/α,β-unsaturated/α-hetero) is 1. The van der Waals surface area contributed by atoms with Crippen LogP contribution in [0, 0.1) is 0 Å². The van der Waals surface area contributed by atoms with Gasteiger partial charge in [0.1, 0.15) is 17.9 Å². The van der Waals surface area contributed by atoms with Gasteiger partial charge in [0.05, 0.1) is 13.0 Å². The van der Waals surface area contributed by atoms with Crippen LogP contribution in [0.4, 0.5) is 0 Å². The molecule has 0 bridgehead atoms. The van der Waals surface area contributed by atoms with E-state index in [0.717, 1.165) is 24.9 Å². The molecule has 0 radical (unpaired) electrons. The van der Waals surface area contributed by atoms with Gasteiger partial charge in [0, 0.05) is 6.42 Å². The first-order valence-electron chi connectivity index (χ1n) is 9.73. The molecule has 0 spiro atoms. The van der Waals surface area contributed by atoms with Crippen molar-refractivity contribution in [3.8, 4) is 0 Å². The minimum Gasteiger partial charge on any atom is -1.00 e. The lowest BCUT2D eigenvalue weighted by Gasteiger charge is -2.17. The van der Waals surface area contributed by atoms with Gasteiger partial charge in [-0.05, 0) is 18.9 Å². The molecule has 144 valence electrons. The van der Waals surface area contributed by atoms with Crippen molar-refractivity contribution in [3.05, 3.63) is 35.9 Å². The Bertz CT molecular complexity index is 439. The maximum Gasteiger partial charge on any atom is 0.138 e. The van der Waals surface area contributed by atoms with E-state index >= 15 is 0 Å². The number of carbonyl (C=O) groups is 1. The van der Waals surface area contributed by atoms with Gasteiger partial charge in [0.25, 0.3) is 0 Å². The summed E-state index contributed by atoms with van der Waals surface area (Å²) < 4.78 is 0. The van der Waals surface area contributed by atoms with E-state index in [1.807, 2.05) is 37.3 Å². The number of unbranched alkanes of at least 4 members (excludes halogenated alkanes) is 6. The van der Waals surface area contributed by atoms with Crippen molar-refractivity contribution in [2.45, 2.75) is 83.8 Å². The van der Waals surface area contributed by atoms with Crippen LogP contribution in [0.15, 0.2) is 30.3 Å². The lowest BCUT2D eigenvalue weighted by molar-refractivity contribution is -0.693. The van der Waals surface area contributed by atoms with E-state index in [-0.39, 0.29) is 18.4 Å². The minimum atomic E-state index is -0.482. The minimum absolute atomic E-state index is 0. The Morgan fingerprint density at radius 3 is 2.24 bits per heavy atom. The van der Waals surface area contributed by atoms with Gasteiger partial charge in [-0.2, -0.15) is 0 Å². The third kappa shape index (κ3) is 11.4. The van der Waals surface area contributed by atoms with E-state index in [4.69, 9.17) is 0 Å². The van der Waals surface area contributed by atoms with Gasteiger partial charge in [0.2, 0.25) is 0 Å². The summed E-state index contributed by atoms with van der Waals surface area (Å²) in [7, 11) is 0. The number of rotatable bonds is 14. The first kappa shape index (κ1) is 24.1. The lowest BCUT2D eigenvalue weighted by Crippen LogP contribution is -3.00. The Morgan fingerprint density at radius 2 is 1.60 bits per heavy atom. The molecule has 0 aromatic heterocycles. The Morgan fingerprint density at radius 1 is 1.00 bits per heavy atom. The zero-order valence-corrected chi connectivity index (χ0v) is 16.7. The second-order valence-corrected chi connectivity index (χ2v) is 6.90. The molecule has 2 unspecified atom stereocenters. The van der Waals surface area contributed by atoms with Crippen molar-refractivity contribution in [1.29, 1.82) is 0 Å². The second kappa shape index (κ2) is 15.4. The van der Waals surface area contributed by atoms with E-state index in [9.17, 15) is 9.90 Å². The maximum atomic E-state index is 11.9. The molecular formula is C21H36ClNO2. The van der Waals surface area contributed by atoms with Crippen molar-refractivity contribution in [2.75, 3.05) is 6.54 Å².